The van der Waals surface area contributed by atoms with Crippen molar-refractivity contribution in [2.75, 3.05) is 6.54 Å². The highest BCUT2D eigenvalue weighted by Gasteiger charge is 2.31. The zero-order valence-electron chi connectivity index (χ0n) is 11.3. The summed E-state index contributed by atoms with van der Waals surface area (Å²) in [6, 6.07) is 11.4. The molecule has 0 saturated carbocycles. The smallest absolute Gasteiger partial charge is 0.257 e. The van der Waals surface area contributed by atoms with Gasteiger partial charge in [-0.2, -0.15) is 0 Å². The van der Waals surface area contributed by atoms with Gasteiger partial charge < -0.3 is 4.90 Å². The summed E-state index contributed by atoms with van der Waals surface area (Å²) in [4.78, 5) is 18.8. The molecule has 1 atom stereocenters. The van der Waals surface area contributed by atoms with Gasteiger partial charge in [0.05, 0.1) is 11.6 Å². The molecule has 2 heterocycles. The highest BCUT2D eigenvalue weighted by molar-refractivity contribution is 9.10. The molecule has 108 valence electrons. The summed E-state index contributed by atoms with van der Waals surface area (Å²) in [6.07, 6.45) is 3.63. The number of benzene rings is 1. The molecule has 0 bridgehead atoms. The van der Waals surface area contributed by atoms with Crippen LogP contribution in [0.1, 0.15) is 34.8 Å². The second kappa shape index (κ2) is 6.16. The molecule has 0 aliphatic carbocycles. The Balaban J connectivity index is 1.91. The van der Waals surface area contributed by atoms with Crippen molar-refractivity contribution in [2.45, 2.75) is 18.9 Å². The number of aromatic nitrogens is 1. The van der Waals surface area contributed by atoms with Gasteiger partial charge in [0.1, 0.15) is 4.60 Å². The minimum atomic E-state index is 0.0115. The summed E-state index contributed by atoms with van der Waals surface area (Å²) >= 11 is 9.42. The Morgan fingerprint density at radius 2 is 2.19 bits per heavy atom. The lowest BCUT2D eigenvalue weighted by Crippen LogP contribution is -2.30. The summed E-state index contributed by atoms with van der Waals surface area (Å²) in [6.45, 7) is 0.761. The zero-order valence-corrected chi connectivity index (χ0v) is 13.6. The Kier molecular flexibility index (Phi) is 4.27. The first-order valence-corrected chi connectivity index (χ1v) is 8.01. The number of hydrogen-bond acceptors (Lipinski definition) is 2. The Bertz CT molecular complexity index is 677. The highest BCUT2D eigenvalue weighted by atomic mass is 79.9. The lowest BCUT2D eigenvalue weighted by molar-refractivity contribution is 0.0734. The van der Waals surface area contributed by atoms with Crippen molar-refractivity contribution in [3.05, 3.63) is 63.3 Å². The molecule has 1 aliphatic rings. The van der Waals surface area contributed by atoms with Crippen LogP contribution < -0.4 is 0 Å². The van der Waals surface area contributed by atoms with Crippen molar-refractivity contribution in [1.29, 1.82) is 0 Å². The standard InChI is InChI=1S/C16H14BrClN2O/c17-15-13(6-2-8-19-15)16(21)20-9-3-7-14(20)11-4-1-5-12(18)10-11/h1-2,4-6,8,10,14H,3,7,9H2. The van der Waals surface area contributed by atoms with Crippen LogP contribution in [0.3, 0.4) is 0 Å². The maximum atomic E-state index is 12.8. The predicted molar refractivity (Wildman–Crippen MR) is 86.4 cm³/mol. The van der Waals surface area contributed by atoms with E-state index < -0.39 is 0 Å². The third-order valence-corrected chi connectivity index (χ3v) is 4.60. The molecule has 1 amide bonds. The van der Waals surface area contributed by atoms with Crippen LogP contribution in [0, 0.1) is 0 Å². The molecule has 3 nitrogen and oxygen atoms in total. The van der Waals surface area contributed by atoms with Crippen LogP contribution in [-0.2, 0) is 0 Å². The first-order valence-electron chi connectivity index (χ1n) is 6.84. The van der Waals surface area contributed by atoms with E-state index >= 15 is 0 Å². The van der Waals surface area contributed by atoms with E-state index in [0.29, 0.717) is 15.2 Å². The van der Waals surface area contributed by atoms with Gasteiger partial charge in [0, 0.05) is 17.8 Å². The topological polar surface area (TPSA) is 33.2 Å². The normalized spacial score (nSPS) is 18.0. The fourth-order valence-corrected chi connectivity index (χ4v) is 3.39. The second-order valence-electron chi connectivity index (χ2n) is 5.05. The minimum Gasteiger partial charge on any atom is -0.332 e. The number of hydrogen-bond donors (Lipinski definition) is 0. The molecule has 1 unspecified atom stereocenters. The highest BCUT2D eigenvalue weighted by Crippen LogP contribution is 2.34. The quantitative estimate of drug-likeness (QED) is 0.735. The van der Waals surface area contributed by atoms with Gasteiger partial charge in [-0.3, -0.25) is 4.79 Å². The summed E-state index contributed by atoms with van der Waals surface area (Å²) in [5, 5.41) is 0.703. The van der Waals surface area contributed by atoms with Crippen molar-refractivity contribution >= 4 is 33.4 Å². The van der Waals surface area contributed by atoms with Gasteiger partial charge in [0.2, 0.25) is 0 Å². The largest absolute Gasteiger partial charge is 0.332 e. The Hall–Kier alpha value is -1.39. The van der Waals surface area contributed by atoms with Crippen LogP contribution in [0.4, 0.5) is 0 Å². The lowest BCUT2D eigenvalue weighted by atomic mass is 10.0. The third-order valence-electron chi connectivity index (χ3n) is 3.74. The predicted octanol–water partition coefficient (Wildman–Crippen LogP) is 4.47. The van der Waals surface area contributed by atoms with Crippen LogP contribution in [0.5, 0.6) is 0 Å². The summed E-state index contributed by atoms with van der Waals surface area (Å²) in [7, 11) is 0. The van der Waals surface area contributed by atoms with E-state index in [9.17, 15) is 4.79 Å². The van der Waals surface area contributed by atoms with Crippen LogP contribution in [-0.4, -0.2) is 22.3 Å². The molecule has 1 aliphatic heterocycles. The van der Waals surface area contributed by atoms with Gasteiger partial charge in [0.25, 0.3) is 5.91 Å². The van der Waals surface area contributed by atoms with Gasteiger partial charge in [-0.05, 0) is 58.6 Å². The molecular weight excluding hydrogens is 352 g/mol. The number of amides is 1. The summed E-state index contributed by atoms with van der Waals surface area (Å²) in [5.41, 5.74) is 1.69. The van der Waals surface area contributed by atoms with Gasteiger partial charge in [-0.25, -0.2) is 4.98 Å². The van der Waals surface area contributed by atoms with Gasteiger partial charge in [-0.15, -0.1) is 0 Å². The van der Waals surface area contributed by atoms with Gasteiger partial charge in [-0.1, -0.05) is 23.7 Å². The van der Waals surface area contributed by atoms with Gasteiger partial charge in [0.15, 0.2) is 0 Å². The average Bonchev–Trinajstić information content (AvgIpc) is 2.96. The number of likely N-dealkylation sites (tertiary alicyclic amines) is 1. The fourth-order valence-electron chi connectivity index (χ4n) is 2.77. The van der Waals surface area contributed by atoms with Crippen molar-refractivity contribution in [3.8, 4) is 0 Å². The number of halogens is 2. The zero-order chi connectivity index (χ0) is 14.8. The first-order chi connectivity index (χ1) is 10.2. The molecule has 0 N–H and O–H groups in total. The van der Waals surface area contributed by atoms with Crippen molar-refractivity contribution in [3.63, 3.8) is 0 Å². The minimum absolute atomic E-state index is 0.0115. The molecule has 1 aromatic carbocycles. The number of carbonyl (C=O) groups excluding carboxylic acids is 1. The third kappa shape index (κ3) is 2.97. The second-order valence-corrected chi connectivity index (χ2v) is 6.24. The average molecular weight is 366 g/mol. The Morgan fingerprint density at radius 3 is 2.95 bits per heavy atom. The maximum absolute atomic E-state index is 12.8. The molecule has 5 heteroatoms. The van der Waals surface area contributed by atoms with Crippen molar-refractivity contribution in [2.24, 2.45) is 0 Å². The fraction of sp³-hybridized carbons (Fsp3) is 0.250. The number of pyridine rings is 1. The summed E-state index contributed by atoms with van der Waals surface area (Å²) < 4.78 is 0.590. The lowest BCUT2D eigenvalue weighted by Gasteiger charge is -2.25. The molecule has 21 heavy (non-hydrogen) atoms. The van der Waals surface area contributed by atoms with Crippen LogP contribution in [0.2, 0.25) is 5.02 Å². The van der Waals surface area contributed by atoms with Crippen molar-refractivity contribution < 1.29 is 4.79 Å². The van der Waals surface area contributed by atoms with E-state index in [0.717, 1.165) is 24.9 Å². The molecule has 2 aromatic rings. The van der Waals surface area contributed by atoms with Crippen LogP contribution in [0.25, 0.3) is 0 Å². The van der Waals surface area contributed by atoms with Gasteiger partial charge >= 0.3 is 0 Å². The Morgan fingerprint density at radius 1 is 1.33 bits per heavy atom. The summed E-state index contributed by atoms with van der Waals surface area (Å²) in [5.74, 6) is 0.0115. The van der Waals surface area contributed by atoms with E-state index in [1.54, 1.807) is 18.3 Å². The molecule has 1 fully saturated rings. The molecule has 1 saturated heterocycles. The van der Waals surface area contributed by atoms with E-state index in [1.165, 1.54) is 0 Å². The Labute approximate surface area is 137 Å². The molecule has 3 rings (SSSR count). The van der Waals surface area contributed by atoms with Crippen LogP contribution in [0.15, 0.2) is 47.2 Å². The molecule has 0 spiro atoms. The molecule has 1 aromatic heterocycles. The van der Waals surface area contributed by atoms with Crippen LogP contribution >= 0.6 is 27.5 Å². The van der Waals surface area contributed by atoms with E-state index in [4.69, 9.17) is 11.6 Å². The SMILES string of the molecule is O=C(c1cccnc1Br)N1CCCC1c1cccc(Cl)c1. The number of carbonyl (C=O) groups is 1. The monoisotopic (exact) mass is 364 g/mol. The van der Waals surface area contributed by atoms with E-state index in [2.05, 4.69) is 20.9 Å². The van der Waals surface area contributed by atoms with E-state index in [1.807, 2.05) is 29.2 Å². The first kappa shape index (κ1) is 14.5. The molecular formula is C16H14BrClN2O. The van der Waals surface area contributed by atoms with Crippen molar-refractivity contribution in [1.82, 2.24) is 9.88 Å². The maximum Gasteiger partial charge on any atom is 0.257 e. The number of nitrogens with zero attached hydrogens (tertiary/aromatic N) is 2. The number of rotatable bonds is 2. The molecule has 0 radical (unpaired) electrons. The van der Waals surface area contributed by atoms with E-state index in [-0.39, 0.29) is 11.9 Å².